The molecule has 0 bridgehead atoms. The molecule has 0 aliphatic heterocycles. The molecule has 0 aliphatic rings. The Morgan fingerprint density at radius 2 is 2.04 bits per heavy atom. The van der Waals surface area contributed by atoms with E-state index >= 15 is 0 Å². The number of amides is 2. The predicted molar refractivity (Wildman–Crippen MR) is 100.0 cm³/mol. The minimum atomic E-state index is -0.689. The van der Waals surface area contributed by atoms with Crippen LogP contribution in [0.3, 0.4) is 0 Å². The van der Waals surface area contributed by atoms with Gasteiger partial charge in [-0.05, 0) is 36.8 Å². The number of carbonyl (C=O) groups excluding carboxylic acids is 1. The van der Waals surface area contributed by atoms with E-state index in [9.17, 15) is 9.18 Å². The highest BCUT2D eigenvalue weighted by Crippen LogP contribution is 2.24. The van der Waals surface area contributed by atoms with Crippen LogP contribution in [0, 0.1) is 12.7 Å². The minimum Gasteiger partial charge on any atom is -0.380 e. The number of fused-ring (bicyclic) bond motifs is 1. The number of nitrogens with two attached hydrogens (primary N) is 1. The highest BCUT2D eigenvalue weighted by Gasteiger charge is 2.13. The van der Waals surface area contributed by atoms with E-state index in [4.69, 9.17) is 5.73 Å². The summed E-state index contributed by atoms with van der Waals surface area (Å²) < 4.78 is 15.3. The Labute approximate surface area is 157 Å². The van der Waals surface area contributed by atoms with Gasteiger partial charge in [0.25, 0.3) is 5.95 Å². The van der Waals surface area contributed by atoms with Gasteiger partial charge in [-0.1, -0.05) is 11.3 Å². The van der Waals surface area contributed by atoms with E-state index in [1.54, 1.807) is 31.3 Å². The van der Waals surface area contributed by atoms with Crippen molar-refractivity contribution in [2.45, 2.75) is 6.92 Å². The molecule has 0 aliphatic carbocycles. The van der Waals surface area contributed by atoms with Crippen molar-refractivity contribution in [3.8, 4) is 11.3 Å². The fraction of sp³-hybridized carbons (Fsp3) is 0.0588. The van der Waals surface area contributed by atoms with E-state index in [2.05, 4.69) is 36.1 Å². The van der Waals surface area contributed by atoms with Crippen LogP contribution in [0.2, 0.25) is 0 Å². The first-order valence-corrected chi connectivity index (χ1v) is 8.15. The van der Waals surface area contributed by atoms with Gasteiger partial charge in [0.2, 0.25) is 0 Å². The molecule has 0 fully saturated rings. The van der Waals surface area contributed by atoms with Crippen LogP contribution in [0.25, 0.3) is 16.8 Å². The van der Waals surface area contributed by atoms with Crippen LogP contribution in [0.5, 0.6) is 0 Å². The summed E-state index contributed by atoms with van der Waals surface area (Å²) >= 11 is 0. The Balaban J connectivity index is 1.52. The van der Waals surface area contributed by atoms with Crippen molar-refractivity contribution in [3.05, 3.63) is 54.1 Å². The Bertz CT molecular complexity index is 1170. The molecule has 28 heavy (non-hydrogen) atoms. The third-order valence-corrected chi connectivity index (χ3v) is 3.90. The average molecular weight is 379 g/mol. The van der Waals surface area contributed by atoms with Crippen LogP contribution >= 0.6 is 0 Å². The molecule has 4 aromatic rings. The summed E-state index contributed by atoms with van der Waals surface area (Å²) in [5.74, 6) is -0.338. The molecular weight excluding hydrogens is 365 g/mol. The van der Waals surface area contributed by atoms with Gasteiger partial charge in [0.1, 0.15) is 17.0 Å². The molecule has 1 aromatic carbocycles. The van der Waals surface area contributed by atoms with Gasteiger partial charge in [0.05, 0.1) is 11.9 Å². The lowest BCUT2D eigenvalue weighted by Crippen LogP contribution is -2.21. The van der Waals surface area contributed by atoms with E-state index in [1.165, 1.54) is 22.8 Å². The number of hydrogen-bond acceptors (Lipinski definition) is 7. The van der Waals surface area contributed by atoms with Gasteiger partial charge in [-0.25, -0.2) is 18.7 Å². The highest BCUT2D eigenvalue weighted by atomic mass is 19.1. The first-order chi connectivity index (χ1) is 13.5. The number of nitrogen functional groups attached to an aromatic ring is 1. The van der Waals surface area contributed by atoms with Crippen LogP contribution in [0.1, 0.15) is 5.56 Å². The molecule has 3 heterocycles. The SMILES string of the molecule is Cc1ccc(F)c(NC(=O)Nc2ncc(-c3cccn4nnc(N)c34)nn2)c1. The van der Waals surface area contributed by atoms with Crippen molar-refractivity contribution in [3.63, 3.8) is 0 Å². The average Bonchev–Trinajstić information content (AvgIpc) is 3.07. The van der Waals surface area contributed by atoms with Gasteiger partial charge >= 0.3 is 6.03 Å². The molecule has 2 amide bonds. The quantitative estimate of drug-likeness (QED) is 0.496. The fourth-order valence-corrected chi connectivity index (χ4v) is 2.62. The fourth-order valence-electron chi connectivity index (χ4n) is 2.62. The maximum absolute atomic E-state index is 13.7. The number of aromatic nitrogens is 6. The van der Waals surface area contributed by atoms with E-state index < -0.39 is 11.8 Å². The standard InChI is InChI=1S/C17H14FN9O/c1-9-4-5-11(18)12(7-9)21-17(28)22-16-20-8-13(23-25-16)10-3-2-6-27-14(10)15(19)24-26-27/h2-8H,19H2,1H3,(H2,20,21,22,25,28). The second-order valence-corrected chi connectivity index (χ2v) is 5.92. The van der Waals surface area contributed by atoms with E-state index in [0.29, 0.717) is 16.8 Å². The summed E-state index contributed by atoms with van der Waals surface area (Å²) in [4.78, 5) is 16.1. The molecule has 0 atom stereocenters. The zero-order valence-electron chi connectivity index (χ0n) is 14.6. The summed E-state index contributed by atoms with van der Waals surface area (Å²) in [6.07, 6.45) is 3.13. The maximum Gasteiger partial charge on any atom is 0.326 e. The summed E-state index contributed by atoms with van der Waals surface area (Å²) in [6.45, 7) is 1.79. The number of benzene rings is 1. The Morgan fingerprint density at radius 3 is 2.82 bits per heavy atom. The molecular formula is C17H14FN9O. The van der Waals surface area contributed by atoms with Crippen LogP contribution in [-0.4, -0.2) is 36.0 Å². The van der Waals surface area contributed by atoms with Crippen molar-refractivity contribution < 1.29 is 9.18 Å². The van der Waals surface area contributed by atoms with Crippen molar-refractivity contribution in [2.75, 3.05) is 16.4 Å². The van der Waals surface area contributed by atoms with Gasteiger partial charge < -0.3 is 11.1 Å². The van der Waals surface area contributed by atoms with Gasteiger partial charge in [0.15, 0.2) is 5.82 Å². The van der Waals surface area contributed by atoms with Crippen molar-refractivity contribution in [2.24, 2.45) is 0 Å². The summed E-state index contributed by atoms with van der Waals surface area (Å²) in [5.41, 5.74) is 8.35. The van der Waals surface area contributed by atoms with Gasteiger partial charge in [-0.15, -0.1) is 15.3 Å². The third kappa shape index (κ3) is 3.28. The zero-order valence-corrected chi connectivity index (χ0v) is 14.6. The first kappa shape index (κ1) is 17.3. The Kier molecular flexibility index (Phi) is 4.24. The smallest absolute Gasteiger partial charge is 0.326 e. The lowest BCUT2D eigenvalue weighted by molar-refractivity contribution is 0.262. The van der Waals surface area contributed by atoms with E-state index in [-0.39, 0.29) is 17.5 Å². The lowest BCUT2D eigenvalue weighted by atomic mass is 10.2. The number of rotatable bonds is 3. The lowest BCUT2D eigenvalue weighted by Gasteiger charge is -2.08. The number of halogens is 1. The first-order valence-electron chi connectivity index (χ1n) is 8.15. The van der Waals surface area contributed by atoms with E-state index in [1.807, 2.05) is 0 Å². The molecule has 0 spiro atoms. The van der Waals surface area contributed by atoms with Crippen molar-refractivity contribution in [1.82, 2.24) is 30.0 Å². The van der Waals surface area contributed by atoms with Crippen LogP contribution in [0.15, 0.2) is 42.7 Å². The number of aryl methyl sites for hydroxylation is 1. The van der Waals surface area contributed by atoms with Crippen LogP contribution in [-0.2, 0) is 0 Å². The third-order valence-electron chi connectivity index (χ3n) is 3.90. The molecule has 0 saturated heterocycles. The molecule has 0 radical (unpaired) electrons. The summed E-state index contributed by atoms with van der Waals surface area (Å²) in [5, 5.41) is 20.5. The minimum absolute atomic E-state index is 0.0409. The summed E-state index contributed by atoms with van der Waals surface area (Å²) in [6, 6.07) is 7.24. The maximum atomic E-state index is 13.7. The van der Waals surface area contributed by atoms with Gasteiger partial charge in [0, 0.05) is 11.8 Å². The Morgan fingerprint density at radius 1 is 1.18 bits per heavy atom. The normalized spacial score (nSPS) is 10.8. The number of carbonyl (C=O) groups is 1. The largest absolute Gasteiger partial charge is 0.380 e. The van der Waals surface area contributed by atoms with Crippen molar-refractivity contribution >= 4 is 29.0 Å². The van der Waals surface area contributed by atoms with Crippen LogP contribution < -0.4 is 16.4 Å². The monoisotopic (exact) mass is 379 g/mol. The zero-order chi connectivity index (χ0) is 19.7. The molecule has 10 nitrogen and oxygen atoms in total. The highest BCUT2D eigenvalue weighted by molar-refractivity contribution is 5.98. The number of urea groups is 1. The second-order valence-electron chi connectivity index (χ2n) is 5.92. The number of nitrogens with zero attached hydrogens (tertiary/aromatic N) is 6. The second kappa shape index (κ2) is 6.87. The number of pyridine rings is 1. The van der Waals surface area contributed by atoms with Crippen LogP contribution in [0.4, 0.5) is 26.6 Å². The van der Waals surface area contributed by atoms with Crippen molar-refractivity contribution in [1.29, 1.82) is 0 Å². The van der Waals surface area contributed by atoms with E-state index in [0.717, 1.165) is 5.56 Å². The molecule has 0 unspecified atom stereocenters. The predicted octanol–water partition coefficient (Wildman–Crippen LogP) is 2.26. The van der Waals surface area contributed by atoms with Gasteiger partial charge in [-0.3, -0.25) is 5.32 Å². The molecule has 4 N–H and O–H groups in total. The van der Waals surface area contributed by atoms with Gasteiger partial charge in [-0.2, -0.15) is 0 Å². The number of anilines is 3. The number of nitrogens with one attached hydrogen (secondary N) is 2. The Hall–Kier alpha value is -4.15. The topological polar surface area (TPSA) is 136 Å². The summed E-state index contributed by atoms with van der Waals surface area (Å²) in [7, 11) is 0. The number of hydrogen-bond donors (Lipinski definition) is 3. The molecule has 140 valence electrons. The molecule has 4 rings (SSSR count). The molecule has 3 aromatic heterocycles. The molecule has 0 saturated carbocycles. The molecule has 11 heteroatoms.